The monoisotopic (exact) mass is 361 g/mol. The fraction of sp³-hybridized carbons (Fsp3) is 0.316. The van der Waals surface area contributed by atoms with Crippen molar-refractivity contribution in [3.05, 3.63) is 53.3 Å². The minimum atomic E-state index is -0.430. The van der Waals surface area contributed by atoms with Crippen LogP contribution in [-0.2, 0) is 0 Å². The van der Waals surface area contributed by atoms with Crippen LogP contribution in [0.2, 0.25) is 5.02 Å². The summed E-state index contributed by atoms with van der Waals surface area (Å²) >= 11 is 5.81. The first kappa shape index (κ1) is 17.5. The van der Waals surface area contributed by atoms with Gasteiger partial charge in [0.1, 0.15) is 5.82 Å². The van der Waals surface area contributed by atoms with Gasteiger partial charge in [-0.3, -0.25) is 0 Å². The molecular weight excluding hydrogens is 341 g/mol. The molecule has 25 heavy (non-hydrogen) atoms. The molecule has 0 saturated carbocycles. The zero-order valence-electron chi connectivity index (χ0n) is 14.1. The van der Waals surface area contributed by atoms with Crippen molar-refractivity contribution in [3.8, 4) is 0 Å². The van der Waals surface area contributed by atoms with Gasteiger partial charge < -0.3 is 15.5 Å². The summed E-state index contributed by atoms with van der Waals surface area (Å²) in [5, 5.41) is 5.92. The van der Waals surface area contributed by atoms with Crippen LogP contribution in [-0.4, -0.2) is 19.1 Å². The smallest absolute Gasteiger partial charge is 0.323 e. The third-order valence-corrected chi connectivity index (χ3v) is 4.56. The number of nitrogens with one attached hydrogen (secondary N) is 2. The molecule has 1 fully saturated rings. The van der Waals surface area contributed by atoms with Crippen molar-refractivity contribution >= 4 is 34.7 Å². The van der Waals surface area contributed by atoms with Crippen molar-refractivity contribution in [1.29, 1.82) is 0 Å². The fourth-order valence-corrected chi connectivity index (χ4v) is 3.20. The predicted octanol–water partition coefficient (Wildman–Crippen LogP) is 5.36. The van der Waals surface area contributed by atoms with Gasteiger partial charge in [0, 0.05) is 29.5 Å². The molecule has 1 aliphatic heterocycles. The molecule has 6 heteroatoms. The molecule has 132 valence electrons. The first-order valence-electron chi connectivity index (χ1n) is 8.39. The molecule has 2 N–H and O–H groups in total. The van der Waals surface area contributed by atoms with Crippen molar-refractivity contribution < 1.29 is 9.18 Å². The molecule has 2 aromatic rings. The highest BCUT2D eigenvalue weighted by atomic mass is 35.5. The second-order valence-electron chi connectivity index (χ2n) is 6.45. The number of carbonyl (C=O) groups excluding carboxylic acids is 1. The number of benzene rings is 2. The molecule has 0 aliphatic carbocycles. The van der Waals surface area contributed by atoms with Gasteiger partial charge in [0.2, 0.25) is 0 Å². The lowest BCUT2D eigenvalue weighted by molar-refractivity contribution is 0.262. The van der Waals surface area contributed by atoms with E-state index in [4.69, 9.17) is 11.6 Å². The Morgan fingerprint density at radius 2 is 1.84 bits per heavy atom. The van der Waals surface area contributed by atoms with Gasteiger partial charge in [-0.1, -0.05) is 18.5 Å². The molecule has 1 saturated heterocycles. The highest BCUT2D eigenvalue weighted by Gasteiger charge is 2.19. The van der Waals surface area contributed by atoms with E-state index in [1.165, 1.54) is 12.5 Å². The lowest BCUT2D eigenvalue weighted by atomic mass is 9.99. The van der Waals surface area contributed by atoms with Crippen LogP contribution < -0.4 is 15.5 Å². The van der Waals surface area contributed by atoms with E-state index in [1.807, 2.05) is 0 Å². The molecule has 0 radical (unpaired) electrons. The normalized spacial score (nSPS) is 17.2. The standard InChI is InChI=1S/C19H21ClFN3O/c1-13-3-2-10-24(12-13)18-9-8-16(11-17(18)21)23-19(25)22-15-6-4-14(20)5-7-15/h4-9,11,13H,2-3,10,12H2,1H3,(H2,22,23,25). The second-order valence-corrected chi connectivity index (χ2v) is 6.88. The molecule has 1 atom stereocenters. The Labute approximate surface area is 152 Å². The van der Waals surface area contributed by atoms with Gasteiger partial charge in [0.05, 0.1) is 5.69 Å². The van der Waals surface area contributed by atoms with Crippen molar-refractivity contribution in [2.75, 3.05) is 28.6 Å². The molecule has 0 aromatic heterocycles. The van der Waals surface area contributed by atoms with E-state index in [-0.39, 0.29) is 5.82 Å². The summed E-state index contributed by atoms with van der Waals surface area (Å²) < 4.78 is 14.5. The van der Waals surface area contributed by atoms with Crippen molar-refractivity contribution in [2.24, 2.45) is 5.92 Å². The molecule has 2 amide bonds. The predicted molar refractivity (Wildman–Crippen MR) is 101 cm³/mol. The van der Waals surface area contributed by atoms with Gasteiger partial charge in [-0.15, -0.1) is 0 Å². The summed E-state index contributed by atoms with van der Waals surface area (Å²) in [6, 6.07) is 11.1. The minimum absolute atomic E-state index is 0.321. The third-order valence-electron chi connectivity index (χ3n) is 4.31. The van der Waals surface area contributed by atoms with E-state index in [9.17, 15) is 9.18 Å². The summed E-state index contributed by atoms with van der Waals surface area (Å²) in [5.41, 5.74) is 1.62. The van der Waals surface area contributed by atoms with E-state index in [1.54, 1.807) is 36.4 Å². The Balaban J connectivity index is 1.64. The van der Waals surface area contributed by atoms with Gasteiger partial charge in [0.25, 0.3) is 0 Å². The van der Waals surface area contributed by atoms with Crippen LogP contribution in [0, 0.1) is 11.7 Å². The Morgan fingerprint density at radius 1 is 1.16 bits per heavy atom. The topological polar surface area (TPSA) is 44.4 Å². The number of hydrogen-bond donors (Lipinski definition) is 2. The van der Waals surface area contributed by atoms with E-state index in [2.05, 4.69) is 22.5 Å². The highest BCUT2D eigenvalue weighted by Crippen LogP contribution is 2.27. The fourth-order valence-electron chi connectivity index (χ4n) is 3.08. The van der Waals surface area contributed by atoms with Gasteiger partial charge in [-0.2, -0.15) is 0 Å². The largest absolute Gasteiger partial charge is 0.369 e. The number of hydrogen-bond acceptors (Lipinski definition) is 2. The van der Waals surface area contributed by atoms with Crippen molar-refractivity contribution in [2.45, 2.75) is 19.8 Å². The zero-order valence-corrected chi connectivity index (χ0v) is 14.8. The van der Waals surface area contributed by atoms with E-state index in [0.717, 1.165) is 19.5 Å². The van der Waals surface area contributed by atoms with Crippen LogP contribution in [0.25, 0.3) is 0 Å². The van der Waals surface area contributed by atoms with Crippen molar-refractivity contribution in [3.63, 3.8) is 0 Å². The Kier molecular flexibility index (Phi) is 5.43. The molecule has 3 rings (SSSR count). The SMILES string of the molecule is CC1CCCN(c2ccc(NC(=O)Nc3ccc(Cl)cc3)cc2F)C1. The Bertz CT molecular complexity index is 751. The van der Waals surface area contributed by atoms with Gasteiger partial charge in [0.15, 0.2) is 0 Å². The van der Waals surface area contributed by atoms with Crippen LogP contribution in [0.15, 0.2) is 42.5 Å². The molecule has 1 unspecified atom stereocenters. The summed E-state index contributed by atoms with van der Waals surface area (Å²) in [6.07, 6.45) is 2.26. The number of piperidine rings is 1. The van der Waals surface area contributed by atoms with E-state index in [0.29, 0.717) is 28.0 Å². The van der Waals surface area contributed by atoms with Gasteiger partial charge in [-0.05, 0) is 61.2 Å². The highest BCUT2D eigenvalue weighted by molar-refractivity contribution is 6.30. The van der Waals surface area contributed by atoms with Gasteiger partial charge >= 0.3 is 6.03 Å². The summed E-state index contributed by atoms with van der Waals surface area (Å²) in [5.74, 6) is 0.245. The molecule has 0 spiro atoms. The summed E-state index contributed by atoms with van der Waals surface area (Å²) in [4.78, 5) is 14.1. The van der Waals surface area contributed by atoms with Crippen LogP contribution in [0.5, 0.6) is 0 Å². The van der Waals surface area contributed by atoms with Crippen LogP contribution >= 0.6 is 11.6 Å². The maximum absolute atomic E-state index is 14.5. The first-order valence-corrected chi connectivity index (χ1v) is 8.77. The number of rotatable bonds is 3. The average molecular weight is 362 g/mol. The molecule has 1 aliphatic rings. The van der Waals surface area contributed by atoms with Crippen LogP contribution in [0.4, 0.5) is 26.2 Å². The number of carbonyl (C=O) groups is 1. The Hall–Kier alpha value is -2.27. The molecule has 4 nitrogen and oxygen atoms in total. The van der Waals surface area contributed by atoms with Gasteiger partial charge in [-0.25, -0.2) is 9.18 Å². The quantitative estimate of drug-likeness (QED) is 0.773. The molecule has 0 bridgehead atoms. The summed E-state index contributed by atoms with van der Waals surface area (Å²) in [6.45, 7) is 3.91. The zero-order chi connectivity index (χ0) is 17.8. The maximum atomic E-state index is 14.5. The summed E-state index contributed by atoms with van der Waals surface area (Å²) in [7, 11) is 0. The minimum Gasteiger partial charge on any atom is -0.369 e. The molecule has 1 heterocycles. The van der Waals surface area contributed by atoms with E-state index >= 15 is 0 Å². The first-order chi connectivity index (χ1) is 12.0. The molecule has 2 aromatic carbocycles. The number of urea groups is 1. The average Bonchev–Trinajstić information content (AvgIpc) is 2.57. The lowest BCUT2D eigenvalue weighted by Gasteiger charge is -2.33. The Morgan fingerprint density at radius 3 is 2.52 bits per heavy atom. The molecular formula is C19H21ClFN3O. The number of amides is 2. The lowest BCUT2D eigenvalue weighted by Crippen LogP contribution is -2.34. The number of halogens is 2. The third kappa shape index (κ3) is 4.63. The van der Waals surface area contributed by atoms with Crippen LogP contribution in [0.1, 0.15) is 19.8 Å². The number of anilines is 3. The second kappa shape index (κ2) is 7.74. The number of nitrogens with zero attached hydrogens (tertiary/aromatic N) is 1. The van der Waals surface area contributed by atoms with Crippen LogP contribution in [0.3, 0.4) is 0 Å². The van der Waals surface area contributed by atoms with Crippen molar-refractivity contribution in [1.82, 2.24) is 0 Å². The van der Waals surface area contributed by atoms with E-state index < -0.39 is 6.03 Å². The maximum Gasteiger partial charge on any atom is 0.323 e.